The number of nitrogens with zero attached hydrogens (tertiary/aromatic N) is 3. The van der Waals surface area contributed by atoms with E-state index in [4.69, 9.17) is 17.3 Å². The summed E-state index contributed by atoms with van der Waals surface area (Å²) in [4.78, 5) is 11.7. The lowest BCUT2D eigenvalue weighted by Gasteiger charge is -2.05. The Hall–Kier alpha value is -2.15. The molecule has 1 amide bonds. The van der Waals surface area contributed by atoms with Crippen molar-refractivity contribution in [3.63, 3.8) is 0 Å². The van der Waals surface area contributed by atoms with Crippen LogP contribution in [0.3, 0.4) is 0 Å². The van der Waals surface area contributed by atoms with Gasteiger partial charge in [-0.25, -0.2) is 0 Å². The van der Waals surface area contributed by atoms with Gasteiger partial charge in [-0.1, -0.05) is 16.8 Å². The molecule has 88 valence electrons. The first-order valence-electron chi connectivity index (χ1n) is 4.72. The molecule has 1 aromatic carbocycles. The van der Waals surface area contributed by atoms with Crippen LogP contribution in [0.2, 0.25) is 5.02 Å². The van der Waals surface area contributed by atoms with E-state index in [0.717, 1.165) is 0 Å². The van der Waals surface area contributed by atoms with Gasteiger partial charge >= 0.3 is 0 Å². The molecular formula is C9H9ClN6O. The summed E-state index contributed by atoms with van der Waals surface area (Å²) in [7, 11) is 0. The van der Waals surface area contributed by atoms with Gasteiger partial charge in [0.1, 0.15) is 0 Å². The van der Waals surface area contributed by atoms with E-state index >= 15 is 0 Å². The van der Waals surface area contributed by atoms with Gasteiger partial charge in [0.25, 0.3) is 5.91 Å². The Labute approximate surface area is 101 Å². The highest BCUT2D eigenvalue weighted by Gasteiger charge is 2.10. The Morgan fingerprint density at radius 1 is 1.53 bits per heavy atom. The fourth-order valence-electron chi connectivity index (χ4n) is 1.23. The van der Waals surface area contributed by atoms with Crippen molar-refractivity contribution in [2.24, 2.45) is 0 Å². The van der Waals surface area contributed by atoms with Gasteiger partial charge in [-0.15, -0.1) is 10.2 Å². The molecule has 0 aliphatic rings. The number of hydrogen-bond acceptors (Lipinski definition) is 5. The zero-order valence-corrected chi connectivity index (χ0v) is 9.40. The average molecular weight is 253 g/mol. The second kappa shape index (κ2) is 4.79. The smallest absolute Gasteiger partial charge is 0.253 e. The SMILES string of the molecule is Nc1ccc(C(=O)NCc2nn[nH]n2)c(Cl)c1. The van der Waals surface area contributed by atoms with Crippen LogP contribution in [0.1, 0.15) is 16.2 Å². The lowest BCUT2D eigenvalue weighted by molar-refractivity contribution is 0.0950. The molecule has 0 aliphatic heterocycles. The second-order valence-electron chi connectivity index (χ2n) is 3.25. The van der Waals surface area contributed by atoms with Crippen LogP contribution in [-0.2, 0) is 6.54 Å². The van der Waals surface area contributed by atoms with Crippen LogP contribution in [0, 0.1) is 0 Å². The van der Waals surface area contributed by atoms with Gasteiger partial charge in [0.15, 0.2) is 5.82 Å². The lowest BCUT2D eigenvalue weighted by Crippen LogP contribution is -2.23. The van der Waals surface area contributed by atoms with E-state index in [9.17, 15) is 4.79 Å². The quantitative estimate of drug-likeness (QED) is 0.684. The summed E-state index contributed by atoms with van der Waals surface area (Å²) < 4.78 is 0. The highest BCUT2D eigenvalue weighted by atomic mass is 35.5. The number of carbonyl (C=O) groups is 1. The summed E-state index contributed by atoms with van der Waals surface area (Å²) in [5.41, 5.74) is 6.39. The Kier molecular flexibility index (Phi) is 3.20. The third-order valence-electron chi connectivity index (χ3n) is 2.03. The maximum Gasteiger partial charge on any atom is 0.253 e. The Morgan fingerprint density at radius 2 is 2.35 bits per heavy atom. The van der Waals surface area contributed by atoms with Gasteiger partial charge in [0.2, 0.25) is 0 Å². The summed E-state index contributed by atoms with van der Waals surface area (Å²) in [6.45, 7) is 0.177. The van der Waals surface area contributed by atoms with Crippen molar-refractivity contribution in [1.29, 1.82) is 0 Å². The Balaban J connectivity index is 2.04. The molecular weight excluding hydrogens is 244 g/mol. The topological polar surface area (TPSA) is 110 Å². The molecule has 1 aromatic heterocycles. The van der Waals surface area contributed by atoms with Gasteiger partial charge in [0, 0.05) is 5.69 Å². The molecule has 2 aromatic rings. The van der Waals surface area contributed by atoms with Crippen LogP contribution in [0.5, 0.6) is 0 Å². The number of aromatic amines is 1. The number of aromatic nitrogens is 4. The zero-order chi connectivity index (χ0) is 12.3. The minimum Gasteiger partial charge on any atom is -0.399 e. The van der Waals surface area contributed by atoms with E-state index < -0.39 is 0 Å². The molecule has 0 radical (unpaired) electrons. The largest absolute Gasteiger partial charge is 0.399 e. The van der Waals surface area contributed by atoms with Gasteiger partial charge in [-0.3, -0.25) is 4.79 Å². The highest BCUT2D eigenvalue weighted by Crippen LogP contribution is 2.18. The monoisotopic (exact) mass is 252 g/mol. The molecule has 0 fully saturated rings. The molecule has 17 heavy (non-hydrogen) atoms. The number of amides is 1. The van der Waals surface area contributed by atoms with Crippen LogP contribution in [0.25, 0.3) is 0 Å². The molecule has 1 heterocycles. The summed E-state index contributed by atoms with van der Waals surface area (Å²) in [5.74, 6) is 0.0738. The second-order valence-corrected chi connectivity index (χ2v) is 3.66. The third-order valence-corrected chi connectivity index (χ3v) is 2.35. The van der Waals surface area contributed by atoms with E-state index in [2.05, 4.69) is 25.9 Å². The van der Waals surface area contributed by atoms with Gasteiger partial charge < -0.3 is 11.1 Å². The molecule has 2 rings (SSSR count). The predicted molar refractivity (Wildman–Crippen MR) is 61.2 cm³/mol. The first-order valence-corrected chi connectivity index (χ1v) is 5.10. The van der Waals surface area contributed by atoms with Crippen LogP contribution in [0.4, 0.5) is 5.69 Å². The van der Waals surface area contributed by atoms with E-state index in [1.807, 2.05) is 0 Å². The molecule has 0 atom stereocenters. The normalized spacial score (nSPS) is 10.2. The summed E-state index contributed by atoms with van der Waals surface area (Å²) in [5, 5.41) is 16.0. The average Bonchev–Trinajstić information content (AvgIpc) is 2.78. The van der Waals surface area contributed by atoms with E-state index in [0.29, 0.717) is 22.1 Å². The number of halogens is 1. The van der Waals surface area contributed by atoms with Crippen LogP contribution in [0.15, 0.2) is 18.2 Å². The van der Waals surface area contributed by atoms with Crippen molar-refractivity contribution >= 4 is 23.2 Å². The molecule has 0 spiro atoms. The zero-order valence-electron chi connectivity index (χ0n) is 8.64. The highest BCUT2D eigenvalue weighted by molar-refractivity contribution is 6.34. The number of anilines is 1. The number of nitrogens with two attached hydrogens (primary N) is 1. The van der Waals surface area contributed by atoms with Crippen molar-refractivity contribution in [2.45, 2.75) is 6.54 Å². The van der Waals surface area contributed by atoms with E-state index in [-0.39, 0.29) is 12.5 Å². The Morgan fingerprint density at radius 3 is 3.00 bits per heavy atom. The molecule has 0 unspecified atom stereocenters. The summed E-state index contributed by atoms with van der Waals surface area (Å²) >= 11 is 5.89. The van der Waals surface area contributed by atoms with Gasteiger partial charge in [-0.2, -0.15) is 5.21 Å². The number of nitrogens with one attached hydrogen (secondary N) is 2. The van der Waals surface area contributed by atoms with Crippen molar-refractivity contribution in [3.8, 4) is 0 Å². The summed E-state index contributed by atoms with van der Waals surface area (Å²) in [6.07, 6.45) is 0. The Bertz CT molecular complexity index is 526. The standard InChI is InChI=1S/C9H9ClN6O/c10-7-3-5(11)1-2-6(7)9(17)12-4-8-13-15-16-14-8/h1-3H,4,11H2,(H,12,17)(H,13,14,15,16). The van der Waals surface area contributed by atoms with Gasteiger partial charge in [0.05, 0.1) is 17.1 Å². The van der Waals surface area contributed by atoms with Crippen molar-refractivity contribution in [3.05, 3.63) is 34.6 Å². The van der Waals surface area contributed by atoms with Crippen LogP contribution < -0.4 is 11.1 Å². The molecule has 8 heteroatoms. The van der Waals surface area contributed by atoms with Crippen LogP contribution >= 0.6 is 11.6 Å². The minimum absolute atomic E-state index is 0.177. The maximum absolute atomic E-state index is 11.7. The number of hydrogen-bond donors (Lipinski definition) is 3. The van der Waals surface area contributed by atoms with Crippen molar-refractivity contribution in [2.75, 3.05) is 5.73 Å². The lowest BCUT2D eigenvalue weighted by atomic mass is 10.2. The van der Waals surface area contributed by atoms with Crippen molar-refractivity contribution < 1.29 is 4.79 Å². The number of benzene rings is 1. The number of tetrazole rings is 1. The molecule has 0 bridgehead atoms. The number of rotatable bonds is 3. The maximum atomic E-state index is 11.7. The molecule has 4 N–H and O–H groups in total. The minimum atomic E-state index is -0.320. The van der Waals surface area contributed by atoms with Crippen molar-refractivity contribution in [1.82, 2.24) is 25.9 Å². The predicted octanol–water partition coefficient (Wildman–Crippen LogP) is 0.365. The fourth-order valence-corrected chi connectivity index (χ4v) is 1.50. The van der Waals surface area contributed by atoms with Gasteiger partial charge in [-0.05, 0) is 18.2 Å². The number of nitrogen functional groups attached to an aromatic ring is 1. The molecule has 0 aliphatic carbocycles. The summed E-state index contributed by atoms with van der Waals surface area (Å²) in [6, 6.07) is 4.68. The first-order chi connectivity index (χ1) is 8.16. The molecule has 0 saturated carbocycles. The van der Waals surface area contributed by atoms with E-state index in [1.165, 1.54) is 6.07 Å². The van der Waals surface area contributed by atoms with Crippen LogP contribution in [-0.4, -0.2) is 26.5 Å². The van der Waals surface area contributed by atoms with E-state index in [1.54, 1.807) is 12.1 Å². The number of carbonyl (C=O) groups excluding carboxylic acids is 1. The first kappa shape index (κ1) is 11.3. The third kappa shape index (κ3) is 2.70. The molecule has 7 nitrogen and oxygen atoms in total. The number of H-pyrrole nitrogens is 1. The molecule has 0 saturated heterocycles. The fraction of sp³-hybridized carbons (Fsp3) is 0.111.